The molecule has 1 heterocycles. The molecule has 126 valence electrons. The molecule has 0 atom stereocenters. The van der Waals surface area contributed by atoms with E-state index in [1.165, 1.54) is 4.31 Å². The summed E-state index contributed by atoms with van der Waals surface area (Å²) in [6, 6.07) is 9.46. The Labute approximate surface area is 138 Å². The smallest absolute Gasteiger partial charge is 0.216 e. The summed E-state index contributed by atoms with van der Waals surface area (Å²) in [5.74, 6) is 0.0298. The van der Waals surface area contributed by atoms with E-state index in [-0.39, 0.29) is 18.5 Å². The first-order valence-electron chi connectivity index (χ1n) is 7.77. The maximum Gasteiger partial charge on any atom is 0.216 e. The highest BCUT2D eigenvalue weighted by molar-refractivity contribution is 7.89. The van der Waals surface area contributed by atoms with Gasteiger partial charge < -0.3 is 9.64 Å². The van der Waals surface area contributed by atoms with E-state index in [0.29, 0.717) is 31.7 Å². The molecule has 0 saturated carbocycles. The van der Waals surface area contributed by atoms with Gasteiger partial charge in [-0.2, -0.15) is 9.57 Å². The molecule has 0 spiro atoms. The van der Waals surface area contributed by atoms with Crippen molar-refractivity contribution < 1.29 is 13.2 Å². The zero-order chi connectivity index (χ0) is 16.9. The van der Waals surface area contributed by atoms with Gasteiger partial charge in [0.1, 0.15) is 0 Å². The lowest BCUT2D eigenvalue weighted by molar-refractivity contribution is 0.0906. The Bertz CT molecular complexity index is 642. The molecule has 0 unspecified atom stereocenters. The topological polar surface area (TPSA) is 73.6 Å². The first kappa shape index (κ1) is 17.7. The van der Waals surface area contributed by atoms with Crippen LogP contribution < -0.4 is 4.90 Å². The van der Waals surface area contributed by atoms with Gasteiger partial charge in [-0.15, -0.1) is 0 Å². The molecule has 0 N–H and O–H groups in total. The lowest BCUT2D eigenvalue weighted by Gasteiger charge is -2.35. The summed E-state index contributed by atoms with van der Waals surface area (Å²) < 4.78 is 31.4. The Balaban J connectivity index is 1.88. The minimum absolute atomic E-state index is 0.0298. The van der Waals surface area contributed by atoms with E-state index in [0.717, 1.165) is 5.69 Å². The van der Waals surface area contributed by atoms with Crippen molar-refractivity contribution in [1.82, 2.24) is 4.31 Å². The Morgan fingerprint density at radius 1 is 1.17 bits per heavy atom. The van der Waals surface area contributed by atoms with Gasteiger partial charge in [0, 0.05) is 31.9 Å². The van der Waals surface area contributed by atoms with Crippen LogP contribution in [0.5, 0.6) is 0 Å². The van der Waals surface area contributed by atoms with Crippen molar-refractivity contribution in [1.29, 1.82) is 5.26 Å². The quantitative estimate of drug-likeness (QED) is 0.785. The van der Waals surface area contributed by atoms with Crippen molar-refractivity contribution in [3.05, 3.63) is 29.8 Å². The number of rotatable bonds is 6. The largest absolute Gasteiger partial charge is 0.378 e. The minimum Gasteiger partial charge on any atom is -0.378 e. The number of piperazine rings is 1. The SMILES string of the molecule is CC(C)OCCS(=O)(=O)N1CCN(c2ccc(C#N)cc2)CC1. The minimum atomic E-state index is -3.26. The number of hydrogen-bond donors (Lipinski definition) is 0. The lowest BCUT2D eigenvalue weighted by Crippen LogP contribution is -2.49. The molecule has 6 nitrogen and oxygen atoms in total. The molecule has 0 aliphatic carbocycles. The molecule has 1 aromatic rings. The second-order valence-electron chi connectivity index (χ2n) is 5.78. The van der Waals surface area contributed by atoms with E-state index in [9.17, 15) is 8.42 Å². The third kappa shape index (κ3) is 4.93. The van der Waals surface area contributed by atoms with Crippen molar-refractivity contribution in [2.75, 3.05) is 43.4 Å². The molecule has 0 aromatic heterocycles. The molecule has 0 bridgehead atoms. The van der Waals surface area contributed by atoms with Crippen LogP contribution in [0.15, 0.2) is 24.3 Å². The van der Waals surface area contributed by atoms with E-state index in [1.807, 2.05) is 26.0 Å². The van der Waals surface area contributed by atoms with Crippen LogP contribution in [0.3, 0.4) is 0 Å². The van der Waals surface area contributed by atoms with Crippen LogP contribution in [0.25, 0.3) is 0 Å². The van der Waals surface area contributed by atoms with Gasteiger partial charge >= 0.3 is 0 Å². The lowest BCUT2D eigenvalue weighted by atomic mass is 10.2. The summed E-state index contributed by atoms with van der Waals surface area (Å²) in [7, 11) is -3.26. The third-order valence-electron chi connectivity index (χ3n) is 3.79. The van der Waals surface area contributed by atoms with Crippen molar-refractivity contribution in [2.24, 2.45) is 0 Å². The number of hydrogen-bond acceptors (Lipinski definition) is 5. The number of anilines is 1. The molecule has 1 aliphatic heterocycles. The van der Waals surface area contributed by atoms with Crippen LogP contribution in [0.4, 0.5) is 5.69 Å². The average Bonchev–Trinajstić information content (AvgIpc) is 2.54. The first-order valence-corrected chi connectivity index (χ1v) is 9.38. The molecule has 1 aromatic carbocycles. The summed E-state index contributed by atoms with van der Waals surface area (Å²) in [5, 5.41) is 8.82. The van der Waals surface area contributed by atoms with Gasteiger partial charge in [0.05, 0.1) is 30.1 Å². The van der Waals surface area contributed by atoms with Crippen molar-refractivity contribution >= 4 is 15.7 Å². The van der Waals surface area contributed by atoms with Crippen LogP contribution in [0.2, 0.25) is 0 Å². The number of ether oxygens (including phenoxy) is 1. The van der Waals surface area contributed by atoms with Crippen LogP contribution in [-0.4, -0.2) is 57.4 Å². The second kappa shape index (κ2) is 7.77. The highest BCUT2D eigenvalue weighted by Crippen LogP contribution is 2.18. The normalized spacial score (nSPS) is 16.5. The monoisotopic (exact) mass is 337 g/mol. The number of benzene rings is 1. The highest BCUT2D eigenvalue weighted by atomic mass is 32.2. The average molecular weight is 337 g/mol. The Kier molecular flexibility index (Phi) is 5.99. The van der Waals surface area contributed by atoms with Gasteiger partial charge in [0.15, 0.2) is 0 Å². The predicted molar refractivity (Wildman–Crippen MR) is 89.8 cm³/mol. The van der Waals surface area contributed by atoms with Crippen LogP contribution in [-0.2, 0) is 14.8 Å². The molecular weight excluding hydrogens is 314 g/mol. The van der Waals surface area contributed by atoms with Gasteiger partial charge in [-0.1, -0.05) is 0 Å². The summed E-state index contributed by atoms with van der Waals surface area (Å²) in [5.41, 5.74) is 1.64. The zero-order valence-corrected chi connectivity index (χ0v) is 14.4. The molecule has 1 fully saturated rings. The van der Waals surface area contributed by atoms with Gasteiger partial charge in [-0.25, -0.2) is 8.42 Å². The van der Waals surface area contributed by atoms with Crippen molar-refractivity contribution in [3.8, 4) is 6.07 Å². The van der Waals surface area contributed by atoms with E-state index in [1.54, 1.807) is 12.1 Å². The maximum absolute atomic E-state index is 12.3. The highest BCUT2D eigenvalue weighted by Gasteiger charge is 2.26. The molecule has 23 heavy (non-hydrogen) atoms. The Hall–Kier alpha value is -1.62. The first-order chi connectivity index (χ1) is 10.9. The zero-order valence-electron chi connectivity index (χ0n) is 13.6. The maximum atomic E-state index is 12.3. The van der Waals surface area contributed by atoms with Gasteiger partial charge in [0.25, 0.3) is 0 Å². The van der Waals surface area contributed by atoms with Crippen LogP contribution in [0.1, 0.15) is 19.4 Å². The van der Waals surface area contributed by atoms with Crippen molar-refractivity contribution in [3.63, 3.8) is 0 Å². The number of sulfonamides is 1. The van der Waals surface area contributed by atoms with Crippen LogP contribution >= 0.6 is 0 Å². The molecule has 2 rings (SSSR count). The molecule has 1 saturated heterocycles. The molecule has 1 aliphatic rings. The fraction of sp³-hybridized carbons (Fsp3) is 0.562. The third-order valence-corrected chi connectivity index (χ3v) is 5.62. The summed E-state index contributed by atoms with van der Waals surface area (Å²) in [6.07, 6.45) is 0.0402. The molecule has 0 radical (unpaired) electrons. The fourth-order valence-corrected chi connectivity index (χ4v) is 3.77. The molecular formula is C16H23N3O3S. The van der Waals surface area contributed by atoms with Crippen LogP contribution in [0, 0.1) is 11.3 Å². The standard InChI is InChI=1S/C16H23N3O3S/c1-14(2)22-11-12-23(20,21)19-9-7-18(8-10-19)16-5-3-15(13-17)4-6-16/h3-6,14H,7-12H2,1-2H3. The number of nitrogens with zero attached hydrogens (tertiary/aromatic N) is 3. The van der Waals surface area contributed by atoms with E-state index < -0.39 is 10.0 Å². The second-order valence-corrected chi connectivity index (χ2v) is 7.87. The van der Waals surface area contributed by atoms with Crippen molar-refractivity contribution in [2.45, 2.75) is 20.0 Å². The van der Waals surface area contributed by atoms with Gasteiger partial charge in [-0.05, 0) is 38.1 Å². The molecule has 7 heteroatoms. The molecule has 0 amide bonds. The fourth-order valence-electron chi connectivity index (χ4n) is 2.49. The summed E-state index contributed by atoms with van der Waals surface area (Å²) in [4.78, 5) is 2.14. The van der Waals surface area contributed by atoms with E-state index in [2.05, 4.69) is 11.0 Å². The summed E-state index contributed by atoms with van der Waals surface area (Å²) in [6.45, 7) is 6.27. The predicted octanol–water partition coefficient (Wildman–Crippen LogP) is 1.44. The number of nitriles is 1. The van der Waals surface area contributed by atoms with Gasteiger partial charge in [-0.3, -0.25) is 0 Å². The van der Waals surface area contributed by atoms with E-state index in [4.69, 9.17) is 10.00 Å². The Morgan fingerprint density at radius 2 is 1.78 bits per heavy atom. The summed E-state index contributed by atoms with van der Waals surface area (Å²) >= 11 is 0. The van der Waals surface area contributed by atoms with E-state index >= 15 is 0 Å². The Morgan fingerprint density at radius 3 is 2.30 bits per heavy atom. The van der Waals surface area contributed by atoms with Gasteiger partial charge in [0.2, 0.25) is 10.0 Å².